The van der Waals surface area contributed by atoms with Crippen molar-refractivity contribution in [2.75, 3.05) is 13.1 Å². The summed E-state index contributed by atoms with van der Waals surface area (Å²) in [6.45, 7) is 0.735. The highest BCUT2D eigenvalue weighted by molar-refractivity contribution is 5.87. The van der Waals surface area contributed by atoms with E-state index in [1.165, 1.54) is 22.0 Å². The van der Waals surface area contributed by atoms with Gasteiger partial charge in [-0.1, -0.05) is 0 Å². The lowest BCUT2D eigenvalue weighted by Gasteiger charge is -2.20. The molecule has 2 aliphatic rings. The lowest BCUT2D eigenvalue weighted by Crippen LogP contribution is -2.31. The van der Waals surface area contributed by atoms with Crippen molar-refractivity contribution < 1.29 is 19.9 Å². The first-order valence-electron chi connectivity index (χ1n) is 5.32. The van der Waals surface area contributed by atoms with Gasteiger partial charge in [0.25, 0.3) is 0 Å². The van der Waals surface area contributed by atoms with Crippen LogP contribution in [-0.2, 0) is 0 Å². The molecule has 1 aromatic heterocycles. The third-order valence-electron chi connectivity index (χ3n) is 3.05. The summed E-state index contributed by atoms with van der Waals surface area (Å²) in [4.78, 5) is 23.8. The number of fused-ring (bicyclic) bond motifs is 2. The van der Waals surface area contributed by atoms with E-state index in [4.69, 9.17) is 5.11 Å². The van der Waals surface area contributed by atoms with Gasteiger partial charge in [-0.05, 0) is 6.08 Å². The number of urea groups is 1. The van der Waals surface area contributed by atoms with Gasteiger partial charge in [0.15, 0.2) is 0 Å². The Labute approximate surface area is 101 Å². The van der Waals surface area contributed by atoms with Crippen LogP contribution in [0.25, 0.3) is 5.70 Å². The fourth-order valence-electron chi connectivity index (χ4n) is 2.13. The average molecular weight is 250 g/mol. The Kier molecular flexibility index (Phi) is 2.14. The lowest BCUT2D eigenvalue weighted by molar-refractivity contribution is -0.0450. The van der Waals surface area contributed by atoms with Gasteiger partial charge >= 0.3 is 12.0 Å². The van der Waals surface area contributed by atoms with Crippen molar-refractivity contribution >= 4 is 17.7 Å². The molecule has 2 N–H and O–H groups in total. The number of amides is 2. The standard InChI is InChI=1S/C10H10N4O4/c15-9(16)6-2-11-13(3-6)7-1-8-5-12(4-7)10(17)14(8)18/h1-3,8,18H,4-5H2,(H,15,16). The molecule has 1 fully saturated rings. The largest absolute Gasteiger partial charge is 0.478 e. The maximum atomic E-state index is 11.5. The van der Waals surface area contributed by atoms with Crippen molar-refractivity contribution in [1.29, 1.82) is 0 Å². The highest BCUT2D eigenvalue weighted by Crippen LogP contribution is 2.24. The fraction of sp³-hybridized carbons (Fsp3) is 0.300. The molecular weight excluding hydrogens is 240 g/mol. The Morgan fingerprint density at radius 1 is 1.50 bits per heavy atom. The number of nitrogens with zero attached hydrogens (tertiary/aromatic N) is 4. The van der Waals surface area contributed by atoms with E-state index in [1.54, 1.807) is 6.08 Å². The van der Waals surface area contributed by atoms with Crippen molar-refractivity contribution in [3.63, 3.8) is 0 Å². The molecule has 0 aromatic carbocycles. The summed E-state index contributed by atoms with van der Waals surface area (Å²) in [5.41, 5.74) is 0.750. The summed E-state index contributed by atoms with van der Waals surface area (Å²) in [5.74, 6) is -1.05. The third kappa shape index (κ3) is 1.46. The zero-order valence-electron chi connectivity index (χ0n) is 9.22. The molecule has 1 saturated heterocycles. The summed E-state index contributed by atoms with van der Waals surface area (Å²) in [5, 5.41) is 22.9. The zero-order chi connectivity index (χ0) is 12.9. The maximum absolute atomic E-state index is 11.5. The van der Waals surface area contributed by atoms with Gasteiger partial charge in [-0.3, -0.25) is 5.21 Å². The van der Waals surface area contributed by atoms with Gasteiger partial charge in [-0.2, -0.15) is 10.2 Å². The second kappa shape index (κ2) is 3.57. The number of rotatable bonds is 2. The topological polar surface area (TPSA) is 98.9 Å². The molecule has 0 radical (unpaired) electrons. The molecule has 3 heterocycles. The molecule has 3 rings (SSSR count). The number of carboxylic acids is 1. The molecule has 8 heteroatoms. The first-order chi connectivity index (χ1) is 8.56. The van der Waals surface area contributed by atoms with E-state index in [9.17, 15) is 14.8 Å². The molecular formula is C10H10N4O4. The van der Waals surface area contributed by atoms with E-state index < -0.39 is 18.0 Å². The number of carbonyl (C=O) groups is 2. The van der Waals surface area contributed by atoms with Gasteiger partial charge in [-0.15, -0.1) is 0 Å². The van der Waals surface area contributed by atoms with Gasteiger partial charge in [0.1, 0.15) is 0 Å². The van der Waals surface area contributed by atoms with Crippen molar-refractivity contribution in [2.24, 2.45) is 0 Å². The highest BCUT2D eigenvalue weighted by atomic mass is 16.5. The van der Waals surface area contributed by atoms with Crippen LogP contribution in [0.2, 0.25) is 0 Å². The third-order valence-corrected chi connectivity index (χ3v) is 3.05. The van der Waals surface area contributed by atoms with Crippen LogP contribution in [0.5, 0.6) is 0 Å². The molecule has 0 spiro atoms. The number of hydrogen-bond donors (Lipinski definition) is 2. The average Bonchev–Trinajstić information content (AvgIpc) is 2.91. The van der Waals surface area contributed by atoms with E-state index in [0.717, 1.165) is 0 Å². The molecule has 18 heavy (non-hydrogen) atoms. The molecule has 94 valence electrons. The van der Waals surface area contributed by atoms with Crippen LogP contribution in [0.4, 0.5) is 4.79 Å². The first-order valence-corrected chi connectivity index (χ1v) is 5.32. The Hall–Kier alpha value is -2.35. The summed E-state index contributed by atoms with van der Waals surface area (Å²) >= 11 is 0. The predicted molar refractivity (Wildman–Crippen MR) is 57.8 cm³/mol. The van der Waals surface area contributed by atoms with Crippen molar-refractivity contribution in [1.82, 2.24) is 19.7 Å². The van der Waals surface area contributed by atoms with Gasteiger partial charge in [0.05, 0.1) is 30.0 Å². The summed E-state index contributed by atoms with van der Waals surface area (Å²) in [6.07, 6.45) is 4.33. The van der Waals surface area contributed by atoms with Gasteiger partial charge < -0.3 is 10.0 Å². The molecule has 1 atom stereocenters. The van der Waals surface area contributed by atoms with Gasteiger partial charge in [0, 0.05) is 12.7 Å². The first kappa shape index (κ1) is 10.8. The number of carbonyl (C=O) groups excluding carboxylic acids is 1. The van der Waals surface area contributed by atoms with Crippen LogP contribution in [0, 0.1) is 0 Å². The van der Waals surface area contributed by atoms with Crippen LogP contribution < -0.4 is 0 Å². The van der Waals surface area contributed by atoms with Gasteiger partial charge in [-0.25, -0.2) is 14.3 Å². The second-order valence-corrected chi connectivity index (χ2v) is 4.21. The number of aromatic nitrogens is 2. The normalized spacial score (nSPS) is 22.4. The van der Waals surface area contributed by atoms with E-state index >= 15 is 0 Å². The minimum Gasteiger partial charge on any atom is -0.478 e. The van der Waals surface area contributed by atoms with E-state index in [1.807, 2.05) is 0 Å². The van der Waals surface area contributed by atoms with E-state index in [-0.39, 0.29) is 5.56 Å². The molecule has 2 amide bonds. The lowest BCUT2D eigenvalue weighted by atomic mass is 10.2. The minimum atomic E-state index is -1.05. The molecule has 2 aliphatic heterocycles. The monoisotopic (exact) mass is 250 g/mol. The molecule has 0 aliphatic carbocycles. The van der Waals surface area contributed by atoms with Gasteiger partial charge in [0.2, 0.25) is 0 Å². The fourth-order valence-corrected chi connectivity index (χ4v) is 2.13. The molecule has 1 unspecified atom stereocenters. The van der Waals surface area contributed by atoms with E-state index in [0.29, 0.717) is 23.8 Å². The Morgan fingerprint density at radius 3 is 2.89 bits per heavy atom. The summed E-state index contributed by atoms with van der Waals surface area (Å²) in [6, 6.07) is -0.851. The molecule has 0 saturated carbocycles. The number of hydrogen-bond acceptors (Lipinski definition) is 4. The highest BCUT2D eigenvalue weighted by Gasteiger charge is 2.39. The van der Waals surface area contributed by atoms with Crippen LogP contribution in [0.3, 0.4) is 0 Å². The number of carboxylic acid groups (broad SMARTS) is 1. The SMILES string of the molecule is O=C(O)c1cnn(C2=CC3CN(C2)C(=O)N3O)c1. The van der Waals surface area contributed by atoms with Crippen LogP contribution >= 0.6 is 0 Å². The van der Waals surface area contributed by atoms with Crippen molar-refractivity contribution in [2.45, 2.75) is 6.04 Å². The Bertz CT molecular complexity index is 564. The number of hydroxylamine groups is 2. The minimum absolute atomic E-state index is 0.0796. The predicted octanol–water partition coefficient (Wildman–Crippen LogP) is -0.0688. The van der Waals surface area contributed by atoms with E-state index in [2.05, 4.69) is 5.10 Å². The molecule has 1 aromatic rings. The number of aromatic carboxylic acids is 1. The molecule has 2 bridgehead atoms. The maximum Gasteiger partial charge on any atom is 0.344 e. The van der Waals surface area contributed by atoms with Crippen LogP contribution in [-0.4, -0.2) is 61.2 Å². The quantitative estimate of drug-likeness (QED) is 0.716. The van der Waals surface area contributed by atoms with Crippen LogP contribution in [0.1, 0.15) is 10.4 Å². The Balaban J connectivity index is 1.92. The van der Waals surface area contributed by atoms with Crippen LogP contribution in [0.15, 0.2) is 18.5 Å². The van der Waals surface area contributed by atoms with Crippen molar-refractivity contribution in [3.05, 3.63) is 24.0 Å². The summed E-state index contributed by atoms with van der Waals surface area (Å²) in [7, 11) is 0. The Morgan fingerprint density at radius 2 is 2.28 bits per heavy atom. The zero-order valence-corrected chi connectivity index (χ0v) is 9.22. The summed E-state index contributed by atoms with van der Waals surface area (Å²) < 4.78 is 1.41. The second-order valence-electron chi connectivity index (χ2n) is 4.21. The smallest absolute Gasteiger partial charge is 0.344 e. The molecule has 8 nitrogen and oxygen atoms in total. The van der Waals surface area contributed by atoms with Crippen molar-refractivity contribution in [3.8, 4) is 0 Å².